The maximum atomic E-state index is 13.0. The molecule has 2 aromatic carbocycles. The van der Waals surface area contributed by atoms with Gasteiger partial charge in [-0.05, 0) is 107 Å². The Bertz CT molecular complexity index is 1160. The van der Waals surface area contributed by atoms with Crippen LogP contribution in [0.1, 0.15) is 65.2 Å². The highest BCUT2D eigenvalue weighted by Crippen LogP contribution is 2.45. The van der Waals surface area contributed by atoms with Gasteiger partial charge in [-0.25, -0.2) is 4.79 Å². The average Bonchev–Trinajstić information content (AvgIpc) is 3.13. The molecular weight excluding hydrogens is 454 g/mol. The van der Waals surface area contributed by atoms with E-state index in [9.17, 15) is 14.7 Å². The Labute approximate surface area is 213 Å². The number of carboxylic acid groups (broad SMARTS) is 1. The Kier molecular flexibility index (Phi) is 6.79. The van der Waals surface area contributed by atoms with Crippen molar-refractivity contribution in [2.75, 3.05) is 50.1 Å². The third-order valence-corrected chi connectivity index (χ3v) is 8.48. The van der Waals surface area contributed by atoms with Gasteiger partial charge >= 0.3 is 5.97 Å². The number of benzene rings is 2. The lowest BCUT2D eigenvalue weighted by atomic mass is 9.73. The third kappa shape index (κ3) is 4.39. The lowest BCUT2D eigenvalue weighted by Crippen LogP contribution is -2.45. The SMILES string of the molecule is CCN(c1cc(Cc2ccc3c(c2)NC(=O)C32CCN(C)CC2)cc(C(=O)O)c1C)C1CCOCC1. The van der Waals surface area contributed by atoms with Crippen molar-refractivity contribution in [2.45, 2.75) is 57.4 Å². The molecule has 0 saturated carbocycles. The summed E-state index contributed by atoms with van der Waals surface area (Å²) in [5.74, 6) is -0.785. The van der Waals surface area contributed by atoms with E-state index in [1.165, 1.54) is 0 Å². The van der Waals surface area contributed by atoms with Crippen LogP contribution >= 0.6 is 0 Å². The van der Waals surface area contributed by atoms with E-state index in [1.54, 1.807) is 0 Å². The van der Waals surface area contributed by atoms with Gasteiger partial charge in [-0.2, -0.15) is 0 Å². The Hall–Kier alpha value is -2.90. The fourth-order valence-corrected chi connectivity index (χ4v) is 6.32. The second-order valence-corrected chi connectivity index (χ2v) is 10.6. The summed E-state index contributed by atoms with van der Waals surface area (Å²) < 4.78 is 5.56. The highest BCUT2D eigenvalue weighted by Gasteiger charge is 2.47. The van der Waals surface area contributed by atoms with Gasteiger partial charge in [0.25, 0.3) is 0 Å². The molecule has 192 valence electrons. The van der Waals surface area contributed by atoms with Crippen LogP contribution in [-0.2, 0) is 21.4 Å². The molecule has 0 aliphatic carbocycles. The van der Waals surface area contributed by atoms with Crippen LogP contribution in [0.5, 0.6) is 0 Å². The number of rotatable bonds is 6. The van der Waals surface area contributed by atoms with Gasteiger partial charge in [0.1, 0.15) is 0 Å². The van der Waals surface area contributed by atoms with E-state index in [0.29, 0.717) is 18.0 Å². The molecule has 1 spiro atoms. The molecule has 7 nitrogen and oxygen atoms in total. The first kappa shape index (κ1) is 24.8. The quantitative estimate of drug-likeness (QED) is 0.630. The molecule has 2 aromatic rings. The number of piperidine rings is 1. The minimum absolute atomic E-state index is 0.114. The molecule has 0 radical (unpaired) electrons. The Morgan fingerprint density at radius 3 is 2.56 bits per heavy atom. The Morgan fingerprint density at radius 1 is 1.17 bits per heavy atom. The van der Waals surface area contributed by atoms with Gasteiger partial charge in [0, 0.05) is 37.2 Å². The zero-order valence-corrected chi connectivity index (χ0v) is 21.6. The number of anilines is 2. The number of nitrogens with one attached hydrogen (secondary N) is 1. The van der Waals surface area contributed by atoms with Gasteiger partial charge in [-0.15, -0.1) is 0 Å². The smallest absolute Gasteiger partial charge is 0.336 e. The normalized spacial score (nSPS) is 19.8. The summed E-state index contributed by atoms with van der Waals surface area (Å²) in [5, 5.41) is 13.1. The van der Waals surface area contributed by atoms with E-state index < -0.39 is 11.4 Å². The molecule has 36 heavy (non-hydrogen) atoms. The average molecular weight is 492 g/mol. The molecule has 3 heterocycles. The van der Waals surface area contributed by atoms with Crippen molar-refractivity contribution in [1.29, 1.82) is 0 Å². The zero-order chi connectivity index (χ0) is 25.4. The summed E-state index contributed by atoms with van der Waals surface area (Å²) >= 11 is 0. The fraction of sp³-hybridized carbons (Fsp3) is 0.517. The van der Waals surface area contributed by atoms with Crippen LogP contribution in [-0.4, -0.2) is 67.8 Å². The Balaban J connectivity index is 1.46. The number of carbonyl (C=O) groups is 2. The molecule has 0 unspecified atom stereocenters. The first-order valence-electron chi connectivity index (χ1n) is 13.2. The Morgan fingerprint density at radius 2 is 1.89 bits per heavy atom. The van der Waals surface area contributed by atoms with Gasteiger partial charge in [-0.3, -0.25) is 4.79 Å². The maximum Gasteiger partial charge on any atom is 0.336 e. The van der Waals surface area contributed by atoms with Crippen molar-refractivity contribution < 1.29 is 19.4 Å². The molecule has 7 heteroatoms. The number of carbonyl (C=O) groups excluding carboxylic acids is 1. The van der Waals surface area contributed by atoms with E-state index in [2.05, 4.69) is 53.4 Å². The minimum atomic E-state index is -0.899. The van der Waals surface area contributed by atoms with Gasteiger partial charge in [-0.1, -0.05) is 12.1 Å². The summed E-state index contributed by atoms with van der Waals surface area (Å²) in [6, 6.07) is 10.6. The zero-order valence-electron chi connectivity index (χ0n) is 21.6. The van der Waals surface area contributed by atoms with Crippen molar-refractivity contribution in [3.05, 3.63) is 58.1 Å². The number of hydrogen-bond acceptors (Lipinski definition) is 5. The number of amides is 1. The monoisotopic (exact) mass is 491 g/mol. The van der Waals surface area contributed by atoms with Crippen LogP contribution in [0.4, 0.5) is 11.4 Å². The number of hydrogen-bond donors (Lipinski definition) is 2. The van der Waals surface area contributed by atoms with Crippen LogP contribution in [0, 0.1) is 6.92 Å². The van der Waals surface area contributed by atoms with E-state index in [4.69, 9.17) is 4.74 Å². The molecule has 0 aromatic heterocycles. The summed E-state index contributed by atoms with van der Waals surface area (Å²) in [4.78, 5) is 29.8. The largest absolute Gasteiger partial charge is 0.478 e. The van der Waals surface area contributed by atoms with E-state index in [-0.39, 0.29) is 5.91 Å². The van der Waals surface area contributed by atoms with Crippen LogP contribution in [0.25, 0.3) is 0 Å². The van der Waals surface area contributed by atoms with Gasteiger partial charge in [0.15, 0.2) is 0 Å². The molecule has 0 bridgehead atoms. The molecule has 0 atom stereocenters. The van der Waals surface area contributed by atoms with Crippen LogP contribution in [0.2, 0.25) is 0 Å². The maximum absolute atomic E-state index is 13.0. The number of carboxylic acids is 1. The molecule has 2 fully saturated rings. The highest BCUT2D eigenvalue weighted by molar-refractivity contribution is 6.06. The molecular formula is C29H37N3O4. The van der Waals surface area contributed by atoms with E-state index >= 15 is 0 Å². The summed E-state index contributed by atoms with van der Waals surface area (Å²) in [6.45, 7) is 8.17. The fourth-order valence-electron chi connectivity index (χ4n) is 6.32. The van der Waals surface area contributed by atoms with Gasteiger partial charge in [0.2, 0.25) is 5.91 Å². The minimum Gasteiger partial charge on any atom is -0.478 e. The van der Waals surface area contributed by atoms with Crippen molar-refractivity contribution in [3.63, 3.8) is 0 Å². The van der Waals surface area contributed by atoms with Crippen molar-refractivity contribution in [2.24, 2.45) is 0 Å². The summed E-state index contributed by atoms with van der Waals surface area (Å²) in [5.41, 5.74) is 5.80. The number of fused-ring (bicyclic) bond motifs is 2. The van der Waals surface area contributed by atoms with Crippen molar-refractivity contribution >= 4 is 23.3 Å². The molecule has 3 aliphatic rings. The summed E-state index contributed by atoms with van der Waals surface area (Å²) in [7, 11) is 2.10. The van der Waals surface area contributed by atoms with Crippen LogP contribution in [0.15, 0.2) is 30.3 Å². The lowest BCUT2D eigenvalue weighted by Gasteiger charge is -2.37. The van der Waals surface area contributed by atoms with E-state index in [1.807, 2.05) is 13.0 Å². The molecule has 2 N–H and O–H groups in total. The first-order chi connectivity index (χ1) is 17.3. The lowest BCUT2D eigenvalue weighted by molar-refractivity contribution is -0.122. The summed E-state index contributed by atoms with van der Waals surface area (Å²) in [6.07, 6.45) is 4.18. The number of aromatic carboxylic acids is 1. The highest BCUT2D eigenvalue weighted by atomic mass is 16.5. The van der Waals surface area contributed by atoms with Crippen molar-refractivity contribution in [3.8, 4) is 0 Å². The number of ether oxygens (including phenoxy) is 1. The van der Waals surface area contributed by atoms with Crippen molar-refractivity contribution in [1.82, 2.24) is 4.90 Å². The molecule has 3 aliphatic heterocycles. The molecule has 1 amide bonds. The number of likely N-dealkylation sites (tertiary alicyclic amines) is 1. The van der Waals surface area contributed by atoms with Crippen LogP contribution in [0.3, 0.4) is 0 Å². The molecule has 2 saturated heterocycles. The topological polar surface area (TPSA) is 82.1 Å². The van der Waals surface area contributed by atoms with Crippen LogP contribution < -0.4 is 10.2 Å². The number of nitrogens with zero attached hydrogens (tertiary/aromatic N) is 2. The van der Waals surface area contributed by atoms with Gasteiger partial charge in [0.05, 0.1) is 11.0 Å². The first-order valence-corrected chi connectivity index (χ1v) is 13.2. The van der Waals surface area contributed by atoms with Gasteiger partial charge < -0.3 is 25.0 Å². The van der Waals surface area contributed by atoms with E-state index in [0.717, 1.165) is 92.2 Å². The third-order valence-electron chi connectivity index (χ3n) is 8.48. The predicted octanol–water partition coefficient (Wildman–Crippen LogP) is 4.20. The predicted molar refractivity (Wildman–Crippen MR) is 141 cm³/mol. The molecule has 5 rings (SSSR count). The standard InChI is InChI=1S/C29H37N3O4/c1-4-32(22-7-13-36-14-8-22)26-18-21(16-23(19(26)2)27(33)34)15-20-5-6-24-25(17-20)30-28(35)29(24)9-11-31(3)12-10-29/h5-6,16-18,22H,4,7-15H2,1-3H3,(H,30,35)(H,33,34). The second kappa shape index (κ2) is 9.87. The second-order valence-electron chi connectivity index (χ2n) is 10.6.